The molecule has 0 bridgehead atoms. The van der Waals surface area contributed by atoms with Crippen molar-refractivity contribution in [1.82, 2.24) is 5.32 Å². The first-order valence-corrected chi connectivity index (χ1v) is 6.59. The summed E-state index contributed by atoms with van der Waals surface area (Å²) >= 11 is 0. The van der Waals surface area contributed by atoms with Crippen LogP contribution in [0.4, 0.5) is 0 Å². The van der Waals surface area contributed by atoms with Gasteiger partial charge >= 0.3 is 0 Å². The van der Waals surface area contributed by atoms with Gasteiger partial charge in [0.1, 0.15) is 0 Å². The zero-order chi connectivity index (χ0) is 11.6. The molecule has 0 radical (unpaired) electrons. The first-order valence-electron chi connectivity index (χ1n) is 6.59. The van der Waals surface area contributed by atoms with Crippen LogP contribution in [-0.2, 0) is 9.47 Å². The molecule has 3 nitrogen and oxygen atoms in total. The van der Waals surface area contributed by atoms with Crippen LogP contribution in [0.1, 0.15) is 40.0 Å². The van der Waals surface area contributed by atoms with Crippen molar-refractivity contribution in [2.45, 2.75) is 57.7 Å². The van der Waals surface area contributed by atoms with Crippen LogP contribution < -0.4 is 5.32 Å². The molecule has 2 aliphatic heterocycles. The number of hydrogen-bond acceptors (Lipinski definition) is 3. The van der Waals surface area contributed by atoms with Crippen LogP contribution in [0.5, 0.6) is 0 Å². The van der Waals surface area contributed by atoms with E-state index in [1.807, 2.05) is 0 Å². The van der Waals surface area contributed by atoms with E-state index in [2.05, 4.69) is 26.1 Å². The summed E-state index contributed by atoms with van der Waals surface area (Å²) in [6, 6.07) is 1.19. The van der Waals surface area contributed by atoms with Crippen LogP contribution in [-0.4, -0.2) is 37.5 Å². The van der Waals surface area contributed by atoms with E-state index in [1.54, 1.807) is 0 Å². The van der Waals surface area contributed by atoms with Gasteiger partial charge in [0.15, 0.2) is 0 Å². The van der Waals surface area contributed by atoms with Gasteiger partial charge in [-0.1, -0.05) is 13.8 Å². The fourth-order valence-corrected chi connectivity index (χ4v) is 2.60. The molecular weight excluding hydrogens is 202 g/mol. The number of rotatable bonds is 3. The predicted molar refractivity (Wildman–Crippen MR) is 64.6 cm³/mol. The molecule has 2 saturated heterocycles. The lowest BCUT2D eigenvalue weighted by atomic mass is 9.89. The van der Waals surface area contributed by atoms with Gasteiger partial charge < -0.3 is 14.8 Å². The minimum absolute atomic E-state index is 0.0343. The highest BCUT2D eigenvalue weighted by molar-refractivity contribution is 4.93. The van der Waals surface area contributed by atoms with E-state index in [4.69, 9.17) is 9.47 Å². The van der Waals surface area contributed by atoms with Crippen LogP contribution in [0.2, 0.25) is 0 Å². The summed E-state index contributed by atoms with van der Waals surface area (Å²) in [7, 11) is 0. The molecule has 3 atom stereocenters. The summed E-state index contributed by atoms with van der Waals surface area (Å²) in [5, 5.41) is 3.73. The van der Waals surface area contributed by atoms with Crippen molar-refractivity contribution in [1.29, 1.82) is 0 Å². The molecule has 2 fully saturated rings. The summed E-state index contributed by atoms with van der Waals surface area (Å²) in [6.07, 6.45) is 3.32. The van der Waals surface area contributed by atoms with Gasteiger partial charge in [0.2, 0.25) is 0 Å². The van der Waals surface area contributed by atoms with Crippen molar-refractivity contribution in [2.75, 3.05) is 19.8 Å². The first kappa shape index (κ1) is 12.3. The molecule has 0 aromatic heterocycles. The van der Waals surface area contributed by atoms with Crippen LogP contribution in [0.25, 0.3) is 0 Å². The molecule has 0 amide bonds. The third-order valence-electron chi connectivity index (χ3n) is 4.06. The Morgan fingerprint density at radius 3 is 2.69 bits per heavy atom. The molecule has 3 heteroatoms. The van der Waals surface area contributed by atoms with E-state index in [-0.39, 0.29) is 5.60 Å². The van der Waals surface area contributed by atoms with Gasteiger partial charge in [0.25, 0.3) is 0 Å². The first-order chi connectivity index (χ1) is 7.61. The summed E-state index contributed by atoms with van der Waals surface area (Å²) in [4.78, 5) is 0. The van der Waals surface area contributed by atoms with Gasteiger partial charge in [0.05, 0.1) is 12.2 Å². The van der Waals surface area contributed by atoms with Crippen LogP contribution in [0, 0.1) is 5.92 Å². The summed E-state index contributed by atoms with van der Waals surface area (Å²) in [5.41, 5.74) is 0.0343. The SMILES string of the molecule is CC(C)C(C)NC1CCOC2(CCOC2)C1. The van der Waals surface area contributed by atoms with Crippen LogP contribution in [0.15, 0.2) is 0 Å². The highest BCUT2D eigenvalue weighted by Gasteiger charge is 2.41. The Labute approximate surface area is 98.9 Å². The van der Waals surface area contributed by atoms with Crippen molar-refractivity contribution in [3.05, 3.63) is 0 Å². The minimum Gasteiger partial charge on any atom is -0.378 e. The van der Waals surface area contributed by atoms with Gasteiger partial charge in [-0.25, -0.2) is 0 Å². The zero-order valence-electron chi connectivity index (χ0n) is 10.8. The molecule has 1 spiro atoms. The summed E-state index contributed by atoms with van der Waals surface area (Å²) in [5.74, 6) is 0.693. The van der Waals surface area contributed by atoms with Crippen molar-refractivity contribution >= 4 is 0 Å². The maximum Gasteiger partial charge on any atom is 0.0951 e. The molecule has 2 aliphatic rings. The Balaban J connectivity index is 1.87. The molecular formula is C13H25NO2. The van der Waals surface area contributed by atoms with Gasteiger partial charge in [-0.3, -0.25) is 0 Å². The lowest BCUT2D eigenvalue weighted by molar-refractivity contribution is -0.0906. The third-order valence-corrected chi connectivity index (χ3v) is 4.06. The van der Waals surface area contributed by atoms with E-state index in [9.17, 15) is 0 Å². The molecule has 0 saturated carbocycles. The smallest absolute Gasteiger partial charge is 0.0951 e. The highest BCUT2D eigenvalue weighted by Crippen LogP contribution is 2.33. The normalized spacial score (nSPS) is 37.1. The average Bonchev–Trinajstić information content (AvgIpc) is 2.66. The molecule has 0 aromatic carbocycles. The molecule has 0 aliphatic carbocycles. The van der Waals surface area contributed by atoms with Gasteiger partial charge in [-0.15, -0.1) is 0 Å². The maximum atomic E-state index is 5.93. The van der Waals surface area contributed by atoms with E-state index >= 15 is 0 Å². The standard InChI is InChI=1S/C13H25NO2/c1-10(2)11(3)14-12-4-6-16-13(8-12)5-7-15-9-13/h10-12,14H,4-9H2,1-3H3. The molecule has 16 heavy (non-hydrogen) atoms. The Kier molecular flexibility index (Phi) is 3.88. The maximum absolute atomic E-state index is 5.93. The monoisotopic (exact) mass is 227 g/mol. The Morgan fingerprint density at radius 1 is 1.25 bits per heavy atom. The molecule has 0 aromatic rings. The highest BCUT2D eigenvalue weighted by atomic mass is 16.6. The van der Waals surface area contributed by atoms with Gasteiger partial charge in [-0.05, 0) is 25.7 Å². The second-order valence-corrected chi connectivity index (χ2v) is 5.72. The number of nitrogens with one attached hydrogen (secondary N) is 1. The van der Waals surface area contributed by atoms with E-state index < -0.39 is 0 Å². The third kappa shape index (κ3) is 2.76. The van der Waals surface area contributed by atoms with E-state index in [0.717, 1.165) is 39.1 Å². The van der Waals surface area contributed by atoms with Gasteiger partial charge in [-0.2, -0.15) is 0 Å². The zero-order valence-corrected chi connectivity index (χ0v) is 10.8. The van der Waals surface area contributed by atoms with E-state index in [1.165, 1.54) is 0 Å². The Morgan fingerprint density at radius 2 is 2.06 bits per heavy atom. The largest absolute Gasteiger partial charge is 0.378 e. The average molecular weight is 227 g/mol. The van der Waals surface area contributed by atoms with Crippen molar-refractivity contribution in [2.24, 2.45) is 5.92 Å². The topological polar surface area (TPSA) is 30.5 Å². The molecule has 2 heterocycles. The lowest BCUT2D eigenvalue weighted by Crippen LogP contribution is -2.50. The molecule has 2 rings (SSSR count). The van der Waals surface area contributed by atoms with Crippen molar-refractivity contribution in [3.63, 3.8) is 0 Å². The quantitative estimate of drug-likeness (QED) is 0.799. The molecule has 3 unspecified atom stereocenters. The van der Waals surface area contributed by atoms with E-state index in [0.29, 0.717) is 18.0 Å². The second kappa shape index (κ2) is 5.03. The summed E-state index contributed by atoms with van der Waals surface area (Å²) < 4.78 is 11.4. The predicted octanol–water partition coefficient (Wildman–Crippen LogP) is 1.96. The van der Waals surface area contributed by atoms with Crippen molar-refractivity contribution < 1.29 is 9.47 Å². The molecule has 1 N–H and O–H groups in total. The number of ether oxygens (including phenoxy) is 2. The van der Waals surface area contributed by atoms with Crippen molar-refractivity contribution in [3.8, 4) is 0 Å². The second-order valence-electron chi connectivity index (χ2n) is 5.72. The Hall–Kier alpha value is -0.120. The van der Waals surface area contributed by atoms with Gasteiger partial charge in [0, 0.05) is 31.7 Å². The lowest BCUT2D eigenvalue weighted by Gasteiger charge is -2.39. The van der Waals surface area contributed by atoms with Crippen LogP contribution in [0.3, 0.4) is 0 Å². The minimum atomic E-state index is 0.0343. The summed E-state index contributed by atoms with van der Waals surface area (Å²) in [6.45, 7) is 9.36. The molecule has 94 valence electrons. The number of hydrogen-bond donors (Lipinski definition) is 1. The fraction of sp³-hybridized carbons (Fsp3) is 1.00. The van der Waals surface area contributed by atoms with Crippen LogP contribution >= 0.6 is 0 Å². The Bertz CT molecular complexity index is 224. The fourth-order valence-electron chi connectivity index (χ4n) is 2.60.